The zero-order valence-corrected chi connectivity index (χ0v) is 43.0. The third-order valence-corrected chi connectivity index (χ3v) is 16.2. The monoisotopic (exact) mass is 914 g/mol. The molecule has 7 rings (SSSR count). The molecule has 5 aromatic carbocycles. The number of hydrogen-bond acceptors (Lipinski definition) is 2. The number of carboxylic acids is 1. The number of carboxylic acid groups (broad SMARTS) is 1. The van der Waals surface area contributed by atoms with E-state index < -0.39 is 5.97 Å². The van der Waals surface area contributed by atoms with Gasteiger partial charge in [0.05, 0.1) is 5.56 Å². The van der Waals surface area contributed by atoms with E-state index >= 15 is 0 Å². The number of hydrogen-bond donors (Lipinski definition) is 1. The molecule has 0 aliphatic heterocycles. The van der Waals surface area contributed by atoms with E-state index in [4.69, 9.17) is 0 Å². The van der Waals surface area contributed by atoms with Crippen molar-refractivity contribution in [1.82, 2.24) is 0 Å². The Morgan fingerprint density at radius 1 is 0.368 bits per heavy atom. The van der Waals surface area contributed by atoms with Gasteiger partial charge in [-0.25, -0.2) is 4.79 Å². The average molecular weight is 914 g/mol. The molecular formula is C65H87NO2. The van der Waals surface area contributed by atoms with E-state index in [2.05, 4.69) is 124 Å². The minimum Gasteiger partial charge on any atom is -0.478 e. The highest BCUT2D eigenvalue weighted by molar-refractivity contribution is 5.92. The van der Waals surface area contributed by atoms with E-state index in [-0.39, 0.29) is 10.8 Å². The minimum absolute atomic E-state index is 0.0605. The molecule has 3 nitrogen and oxygen atoms in total. The summed E-state index contributed by atoms with van der Waals surface area (Å²) in [6.07, 6.45) is 35.6. The number of unbranched alkanes of at least 4 members (excludes halogenated alkanes) is 20. The molecule has 0 fully saturated rings. The fourth-order valence-corrected chi connectivity index (χ4v) is 12.5. The normalized spacial score (nSPS) is 13.8. The van der Waals surface area contributed by atoms with Crippen molar-refractivity contribution < 1.29 is 9.90 Å². The molecular weight excluding hydrogens is 827 g/mol. The maximum Gasteiger partial charge on any atom is 0.335 e. The molecule has 0 saturated heterocycles. The summed E-state index contributed by atoms with van der Waals surface area (Å²) in [6.45, 7) is 9.25. The largest absolute Gasteiger partial charge is 0.478 e. The second-order valence-corrected chi connectivity index (χ2v) is 21.0. The summed E-state index contributed by atoms with van der Waals surface area (Å²) < 4.78 is 0. The van der Waals surface area contributed by atoms with E-state index in [9.17, 15) is 9.90 Å². The van der Waals surface area contributed by atoms with Gasteiger partial charge in [0.15, 0.2) is 0 Å². The van der Waals surface area contributed by atoms with Gasteiger partial charge in [-0.05, 0) is 113 Å². The number of fused-ring (bicyclic) bond motifs is 6. The summed E-state index contributed by atoms with van der Waals surface area (Å²) in [6, 6.07) is 40.9. The summed E-state index contributed by atoms with van der Waals surface area (Å²) in [5.74, 6) is -0.894. The van der Waals surface area contributed by atoms with Gasteiger partial charge in [-0.1, -0.05) is 249 Å². The summed E-state index contributed by atoms with van der Waals surface area (Å²) >= 11 is 0. The van der Waals surface area contributed by atoms with Crippen molar-refractivity contribution in [2.24, 2.45) is 0 Å². The Kier molecular flexibility index (Phi) is 19.5. The fourth-order valence-electron chi connectivity index (χ4n) is 12.5. The number of aromatic carboxylic acids is 1. The van der Waals surface area contributed by atoms with Gasteiger partial charge in [-0.15, -0.1) is 0 Å². The van der Waals surface area contributed by atoms with Crippen molar-refractivity contribution in [3.05, 3.63) is 137 Å². The van der Waals surface area contributed by atoms with Crippen LogP contribution in [-0.2, 0) is 10.8 Å². The standard InChI is InChI=1S/C65H87NO2/c1-5-9-13-17-21-29-44-64(45-30-22-18-14-10-6-2)59-38-27-25-36-55(59)57-42-40-53(49-61(57)64)66(52-35-33-34-51(48-52)63(67)68)54-41-43-58-56-37-26-28-39-60(56)65(62(58)50-54,46-31-23-19-15-11-7-3)47-32-24-20-16-12-8-4/h25-28,33-43,48-50H,5-24,29-32,44-47H2,1-4H3,(H,67,68). The van der Waals surface area contributed by atoms with E-state index in [0.717, 1.165) is 42.7 Å². The van der Waals surface area contributed by atoms with Gasteiger partial charge in [0, 0.05) is 27.9 Å². The van der Waals surface area contributed by atoms with Crippen LogP contribution in [0.1, 0.15) is 240 Å². The van der Waals surface area contributed by atoms with Crippen LogP contribution in [0, 0.1) is 0 Å². The van der Waals surface area contributed by atoms with Crippen molar-refractivity contribution >= 4 is 23.0 Å². The van der Waals surface area contributed by atoms with Gasteiger partial charge >= 0.3 is 5.97 Å². The highest BCUT2D eigenvalue weighted by Crippen LogP contribution is 2.58. The smallest absolute Gasteiger partial charge is 0.335 e. The van der Waals surface area contributed by atoms with E-state index in [1.165, 1.54) is 199 Å². The molecule has 68 heavy (non-hydrogen) atoms. The Bertz CT molecular complexity index is 2170. The number of nitrogens with zero attached hydrogens (tertiary/aromatic N) is 1. The SMILES string of the molecule is CCCCCCCCC1(CCCCCCCC)c2ccccc2-c2ccc(N(c3cccc(C(=O)O)c3)c3ccc4c(c3)C(CCCCCCCC)(CCCCCCCC)c3ccccc3-4)cc21. The molecule has 0 spiro atoms. The summed E-state index contributed by atoms with van der Waals surface area (Å²) in [5, 5.41) is 10.4. The maximum absolute atomic E-state index is 12.7. The third kappa shape index (κ3) is 11.9. The van der Waals surface area contributed by atoms with Crippen LogP contribution in [0.2, 0.25) is 0 Å². The minimum atomic E-state index is -0.894. The van der Waals surface area contributed by atoms with Crippen LogP contribution in [0.5, 0.6) is 0 Å². The Balaban J connectivity index is 1.35. The maximum atomic E-state index is 12.7. The molecule has 5 aromatic rings. The molecule has 3 heteroatoms. The predicted molar refractivity (Wildman–Crippen MR) is 292 cm³/mol. The Morgan fingerprint density at radius 3 is 1.09 bits per heavy atom. The van der Waals surface area contributed by atoms with Gasteiger partial charge in [-0.3, -0.25) is 0 Å². The van der Waals surface area contributed by atoms with Gasteiger partial charge in [-0.2, -0.15) is 0 Å². The number of benzene rings is 5. The second kappa shape index (κ2) is 25.8. The lowest BCUT2D eigenvalue weighted by molar-refractivity contribution is 0.0697. The molecule has 0 aromatic heterocycles. The number of carbonyl (C=O) groups is 1. The molecule has 0 heterocycles. The second-order valence-electron chi connectivity index (χ2n) is 21.0. The summed E-state index contributed by atoms with van der Waals surface area (Å²) in [7, 11) is 0. The van der Waals surface area contributed by atoms with Gasteiger partial charge in [0.2, 0.25) is 0 Å². The molecule has 0 radical (unpaired) electrons. The molecule has 2 aliphatic carbocycles. The van der Waals surface area contributed by atoms with E-state index in [0.29, 0.717) is 5.56 Å². The molecule has 0 unspecified atom stereocenters. The molecule has 364 valence electrons. The first-order valence-electron chi connectivity index (χ1n) is 28.0. The zero-order valence-electron chi connectivity index (χ0n) is 43.0. The summed E-state index contributed by atoms with van der Waals surface area (Å²) in [5.41, 5.74) is 14.8. The highest BCUT2D eigenvalue weighted by atomic mass is 16.4. The van der Waals surface area contributed by atoms with E-state index in [1.807, 2.05) is 12.1 Å². The van der Waals surface area contributed by atoms with Crippen molar-refractivity contribution in [3.63, 3.8) is 0 Å². The lowest BCUT2D eigenvalue weighted by Gasteiger charge is -2.35. The molecule has 1 N–H and O–H groups in total. The molecule has 0 amide bonds. The van der Waals surface area contributed by atoms with Crippen molar-refractivity contribution in [3.8, 4) is 22.3 Å². The van der Waals surface area contributed by atoms with Crippen LogP contribution in [0.4, 0.5) is 17.1 Å². The topological polar surface area (TPSA) is 40.5 Å². The lowest BCUT2D eigenvalue weighted by atomic mass is 9.70. The lowest BCUT2D eigenvalue weighted by Crippen LogP contribution is -2.26. The van der Waals surface area contributed by atoms with Gasteiger partial charge in [0.25, 0.3) is 0 Å². The van der Waals surface area contributed by atoms with Crippen LogP contribution in [0.25, 0.3) is 22.3 Å². The molecule has 2 aliphatic rings. The Labute approximate surface area is 413 Å². The zero-order chi connectivity index (χ0) is 47.6. The Morgan fingerprint density at radius 2 is 0.706 bits per heavy atom. The van der Waals surface area contributed by atoms with Crippen molar-refractivity contribution in [2.45, 2.75) is 218 Å². The van der Waals surface area contributed by atoms with Crippen molar-refractivity contribution in [1.29, 1.82) is 0 Å². The van der Waals surface area contributed by atoms with Crippen molar-refractivity contribution in [2.75, 3.05) is 4.90 Å². The predicted octanol–water partition coefficient (Wildman–Crippen LogP) is 20.4. The van der Waals surface area contributed by atoms with Crippen LogP contribution in [0.15, 0.2) is 109 Å². The van der Waals surface area contributed by atoms with Crippen LogP contribution in [0.3, 0.4) is 0 Å². The molecule has 0 saturated carbocycles. The number of anilines is 3. The van der Waals surface area contributed by atoms with Crippen LogP contribution in [-0.4, -0.2) is 11.1 Å². The third-order valence-electron chi connectivity index (χ3n) is 16.2. The van der Waals surface area contributed by atoms with E-state index in [1.54, 1.807) is 6.07 Å². The van der Waals surface area contributed by atoms with Gasteiger partial charge < -0.3 is 10.0 Å². The highest BCUT2D eigenvalue weighted by Gasteiger charge is 2.44. The molecule has 0 bridgehead atoms. The Hall–Kier alpha value is -4.63. The number of rotatable bonds is 32. The first kappa shape index (κ1) is 51.2. The summed E-state index contributed by atoms with van der Waals surface area (Å²) in [4.78, 5) is 15.1. The first-order valence-corrected chi connectivity index (χ1v) is 28.0. The van der Waals surface area contributed by atoms with Crippen LogP contribution < -0.4 is 4.90 Å². The molecule has 0 atom stereocenters. The quantitative estimate of drug-likeness (QED) is 0.0437. The van der Waals surface area contributed by atoms with Gasteiger partial charge in [0.1, 0.15) is 0 Å². The first-order chi connectivity index (χ1) is 33.4. The fraction of sp³-hybridized carbons (Fsp3) is 0.523. The van der Waals surface area contributed by atoms with Crippen LogP contribution >= 0.6 is 0 Å². The average Bonchev–Trinajstić information content (AvgIpc) is 3.79.